The van der Waals surface area contributed by atoms with Gasteiger partial charge in [-0.15, -0.1) is 0 Å². The lowest BCUT2D eigenvalue weighted by atomic mass is 9.97. The van der Waals surface area contributed by atoms with E-state index in [2.05, 4.69) is 6.07 Å². The molecule has 26 heavy (non-hydrogen) atoms. The van der Waals surface area contributed by atoms with Crippen LogP contribution in [0.1, 0.15) is 11.1 Å². The fraction of sp³-hybridized carbons (Fsp3) is 0.136. The summed E-state index contributed by atoms with van der Waals surface area (Å²) in [7, 11) is 4.70. The van der Waals surface area contributed by atoms with E-state index < -0.39 is 0 Å². The summed E-state index contributed by atoms with van der Waals surface area (Å²) in [6.45, 7) is 0. The highest BCUT2D eigenvalue weighted by Crippen LogP contribution is 2.39. The van der Waals surface area contributed by atoms with Crippen LogP contribution in [-0.4, -0.2) is 21.3 Å². The van der Waals surface area contributed by atoms with Crippen LogP contribution in [-0.2, 0) is 0 Å². The summed E-state index contributed by atoms with van der Waals surface area (Å²) in [6, 6.07) is 19.9. The van der Waals surface area contributed by atoms with Gasteiger partial charge in [0.1, 0.15) is 0 Å². The van der Waals surface area contributed by atoms with E-state index in [9.17, 15) is 5.26 Å². The molecule has 3 aromatic carbocycles. The van der Waals surface area contributed by atoms with Gasteiger partial charge in [0.25, 0.3) is 0 Å². The summed E-state index contributed by atoms with van der Waals surface area (Å²) in [5, 5.41) is 11.9. The molecule has 0 amide bonds. The highest BCUT2D eigenvalue weighted by Gasteiger charge is 2.13. The fourth-order valence-corrected chi connectivity index (χ4v) is 2.98. The number of hydrogen-bond acceptors (Lipinski definition) is 4. The molecule has 0 saturated heterocycles. The molecule has 0 N–H and O–H groups in total. The first-order valence-corrected chi connectivity index (χ1v) is 8.11. The first-order valence-electron chi connectivity index (χ1n) is 8.11. The minimum Gasteiger partial charge on any atom is -0.493 e. The number of fused-ring (bicyclic) bond motifs is 1. The molecule has 4 nitrogen and oxygen atoms in total. The Labute approximate surface area is 152 Å². The van der Waals surface area contributed by atoms with Crippen LogP contribution in [0.4, 0.5) is 0 Å². The van der Waals surface area contributed by atoms with Crippen LogP contribution in [0.25, 0.3) is 22.4 Å². The summed E-state index contributed by atoms with van der Waals surface area (Å²) in [6.07, 6.45) is 1.83. The van der Waals surface area contributed by atoms with E-state index >= 15 is 0 Å². The normalized spacial score (nSPS) is 11.1. The highest BCUT2D eigenvalue weighted by molar-refractivity contribution is 6.01. The molecule has 0 saturated carbocycles. The first kappa shape index (κ1) is 17.4. The number of hydrogen-bond donors (Lipinski definition) is 0. The maximum Gasteiger partial charge on any atom is 0.203 e. The lowest BCUT2D eigenvalue weighted by Crippen LogP contribution is -1.95. The van der Waals surface area contributed by atoms with Crippen molar-refractivity contribution < 1.29 is 14.2 Å². The van der Waals surface area contributed by atoms with Crippen LogP contribution < -0.4 is 14.2 Å². The Morgan fingerprint density at radius 3 is 2.15 bits per heavy atom. The van der Waals surface area contributed by atoms with Gasteiger partial charge in [-0.2, -0.15) is 5.26 Å². The first-order chi connectivity index (χ1) is 12.7. The molecule has 130 valence electrons. The van der Waals surface area contributed by atoms with Crippen molar-refractivity contribution in [3.05, 3.63) is 65.7 Å². The van der Waals surface area contributed by atoms with Crippen LogP contribution in [0.2, 0.25) is 0 Å². The largest absolute Gasteiger partial charge is 0.493 e. The maximum absolute atomic E-state index is 9.75. The predicted octanol–water partition coefficient (Wildman–Crippen LogP) is 4.93. The molecule has 0 aliphatic carbocycles. The van der Waals surface area contributed by atoms with E-state index in [-0.39, 0.29) is 0 Å². The molecule has 0 heterocycles. The highest BCUT2D eigenvalue weighted by atomic mass is 16.5. The molecular formula is C22H19NO3. The minimum absolute atomic E-state index is 0.524. The van der Waals surface area contributed by atoms with Crippen molar-refractivity contribution >= 4 is 22.4 Å². The number of nitriles is 1. The van der Waals surface area contributed by atoms with E-state index in [4.69, 9.17) is 14.2 Å². The Kier molecular flexibility index (Phi) is 5.09. The van der Waals surface area contributed by atoms with Crippen LogP contribution in [0.5, 0.6) is 17.2 Å². The van der Waals surface area contributed by atoms with Crippen LogP contribution in [0.3, 0.4) is 0 Å². The van der Waals surface area contributed by atoms with E-state index in [0.717, 1.165) is 21.9 Å². The molecule has 0 fully saturated rings. The third kappa shape index (κ3) is 3.20. The molecule has 3 rings (SSSR count). The number of allylic oxidation sites excluding steroid dienone is 1. The van der Waals surface area contributed by atoms with Gasteiger partial charge in [-0.1, -0.05) is 42.5 Å². The number of methoxy groups -OCH3 is 3. The Bertz CT molecular complexity index is 985. The fourth-order valence-electron chi connectivity index (χ4n) is 2.98. The van der Waals surface area contributed by atoms with Gasteiger partial charge in [-0.25, -0.2) is 0 Å². The monoisotopic (exact) mass is 345 g/mol. The molecule has 0 radical (unpaired) electrons. The number of benzene rings is 3. The number of rotatable bonds is 5. The molecular weight excluding hydrogens is 326 g/mol. The van der Waals surface area contributed by atoms with Crippen molar-refractivity contribution in [2.45, 2.75) is 0 Å². The standard InChI is InChI=1S/C22H19NO3/c1-24-20-12-15(13-21(25-2)22(20)26-3)11-17(14-23)19-10-6-8-16-7-4-5-9-18(16)19/h4-13H,1-3H3/b17-11+. The zero-order chi connectivity index (χ0) is 18.5. The molecule has 0 bridgehead atoms. The van der Waals surface area contributed by atoms with Crippen LogP contribution in [0, 0.1) is 11.3 Å². The van der Waals surface area contributed by atoms with Gasteiger partial charge in [0.15, 0.2) is 11.5 Å². The Morgan fingerprint density at radius 1 is 0.885 bits per heavy atom. The Hall–Kier alpha value is -3.45. The molecule has 0 aliphatic rings. The second-order valence-corrected chi connectivity index (χ2v) is 5.66. The van der Waals surface area contributed by atoms with E-state index in [1.54, 1.807) is 21.3 Å². The summed E-state index contributed by atoms with van der Waals surface area (Å²) in [5.41, 5.74) is 2.25. The number of nitrogens with zero attached hydrogens (tertiary/aromatic N) is 1. The predicted molar refractivity (Wildman–Crippen MR) is 104 cm³/mol. The Morgan fingerprint density at radius 2 is 1.54 bits per heavy atom. The molecule has 0 aromatic heterocycles. The van der Waals surface area contributed by atoms with E-state index in [1.165, 1.54) is 0 Å². The van der Waals surface area contributed by atoms with Gasteiger partial charge in [-0.3, -0.25) is 0 Å². The second-order valence-electron chi connectivity index (χ2n) is 5.66. The summed E-state index contributed by atoms with van der Waals surface area (Å²) < 4.78 is 16.1. The minimum atomic E-state index is 0.524. The average Bonchev–Trinajstić information content (AvgIpc) is 2.70. The topological polar surface area (TPSA) is 51.5 Å². The van der Waals surface area contributed by atoms with Gasteiger partial charge in [0.2, 0.25) is 5.75 Å². The van der Waals surface area contributed by atoms with E-state index in [0.29, 0.717) is 22.8 Å². The van der Waals surface area contributed by atoms with Gasteiger partial charge in [-0.05, 0) is 34.5 Å². The van der Waals surface area contributed by atoms with Crippen LogP contribution in [0.15, 0.2) is 54.6 Å². The maximum atomic E-state index is 9.75. The van der Waals surface area contributed by atoms with Crippen molar-refractivity contribution in [1.82, 2.24) is 0 Å². The third-order valence-electron chi connectivity index (χ3n) is 4.20. The van der Waals surface area contributed by atoms with Crippen molar-refractivity contribution in [2.75, 3.05) is 21.3 Å². The molecule has 0 spiro atoms. The van der Waals surface area contributed by atoms with Gasteiger partial charge >= 0.3 is 0 Å². The van der Waals surface area contributed by atoms with Crippen molar-refractivity contribution in [1.29, 1.82) is 5.26 Å². The molecule has 0 aliphatic heterocycles. The SMILES string of the molecule is COc1cc(/C=C(\C#N)c2cccc3ccccc23)cc(OC)c1OC. The smallest absolute Gasteiger partial charge is 0.203 e. The molecule has 0 unspecified atom stereocenters. The molecule has 0 atom stereocenters. The number of ether oxygens (including phenoxy) is 3. The zero-order valence-corrected chi connectivity index (χ0v) is 14.9. The van der Waals surface area contributed by atoms with Crippen molar-refractivity contribution in [2.24, 2.45) is 0 Å². The average molecular weight is 345 g/mol. The van der Waals surface area contributed by atoms with Crippen LogP contribution >= 0.6 is 0 Å². The quantitative estimate of drug-likeness (QED) is 0.486. The lowest BCUT2D eigenvalue weighted by Gasteiger charge is -2.13. The van der Waals surface area contributed by atoms with Gasteiger partial charge in [0, 0.05) is 5.56 Å². The van der Waals surface area contributed by atoms with Crippen molar-refractivity contribution in [3.63, 3.8) is 0 Å². The zero-order valence-electron chi connectivity index (χ0n) is 14.9. The summed E-state index contributed by atoms with van der Waals surface area (Å²) in [4.78, 5) is 0. The Balaban J connectivity index is 2.17. The summed E-state index contributed by atoms with van der Waals surface area (Å²) in [5.74, 6) is 1.62. The van der Waals surface area contributed by atoms with Gasteiger partial charge in [0.05, 0.1) is 33.0 Å². The van der Waals surface area contributed by atoms with Crippen molar-refractivity contribution in [3.8, 4) is 23.3 Å². The summed E-state index contributed by atoms with van der Waals surface area (Å²) >= 11 is 0. The van der Waals surface area contributed by atoms with E-state index in [1.807, 2.05) is 60.7 Å². The third-order valence-corrected chi connectivity index (χ3v) is 4.20. The molecule has 3 aromatic rings. The lowest BCUT2D eigenvalue weighted by molar-refractivity contribution is 0.324. The van der Waals surface area contributed by atoms with Gasteiger partial charge < -0.3 is 14.2 Å². The second kappa shape index (κ2) is 7.62. The molecule has 4 heteroatoms.